The second-order valence-electron chi connectivity index (χ2n) is 7.92. The van der Waals surface area contributed by atoms with E-state index in [2.05, 4.69) is 30.7 Å². The van der Waals surface area contributed by atoms with Gasteiger partial charge < -0.3 is 24.8 Å². The molecule has 3 aromatic rings. The average molecular weight is 458 g/mol. The van der Waals surface area contributed by atoms with Gasteiger partial charge in [-0.15, -0.1) is 0 Å². The van der Waals surface area contributed by atoms with E-state index in [-0.39, 0.29) is 11.6 Å². The number of carbonyl (C=O) groups is 1. The average Bonchev–Trinajstić information content (AvgIpc) is 3.22. The molecule has 10 nitrogen and oxygen atoms in total. The Labute approximate surface area is 190 Å². The Morgan fingerprint density at radius 3 is 2.50 bits per heavy atom. The molecule has 0 saturated carbocycles. The first-order valence-electron chi connectivity index (χ1n) is 10.2. The fraction of sp³-hybridized carbons (Fsp3) is 0.381. The number of morpholine rings is 1. The van der Waals surface area contributed by atoms with Crippen molar-refractivity contribution < 1.29 is 14.1 Å². The maximum Gasteiger partial charge on any atom is 0.274 e. The number of benzene rings is 1. The Kier molecular flexibility index (Phi) is 6.24. The van der Waals surface area contributed by atoms with Gasteiger partial charge in [0.1, 0.15) is 5.76 Å². The zero-order valence-corrected chi connectivity index (χ0v) is 18.8. The Morgan fingerprint density at radius 1 is 1.12 bits per heavy atom. The van der Waals surface area contributed by atoms with Crippen LogP contribution >= 0.6 is 11.6 Å². The summed E-state index contributed by atoms with van der Waals surface area (Å²) >= 11 is 5.99. The van der Waals surface area contributed by atoms with Crippen LogP contribution in [0, 0.1) is 6.92 Å². The molecule has 0 bridgehead atoms. The van der Waals surface area contributed by atoms with Crippen LogP contribution < -0.4 is 15.5 Å². The lowest BCUT2D eigenvalue weighted by atomic mass is 10.0. The molecule has 168 valence electrons. The molecule has 0 radical (unpaired) electrons. The van der Waals surface area contributed by atoms with Gasteiger partial charge in [-0.05, 0) is 45.0 Å². The predicted molar refractivity (Wildman–Crippen MR) is 119 cm³/mol. The van der Waals surface area contributed by atoms with Crippen LogP contribution in [0.3, 0.4) is 0 Å². The van der Waals surface area contributed by atoms with Crippen molar-refractivity contribution in [3.8, 4) is 0 Å². The highest BCUT2D eigenvalue weighted by Crippen LogP contribution is 2.24. The van der Waals surface area contributed by atoms with E-state index in [1.165, 1.54) is 0 Å². The summed E-state index contributed by atoms with van der Waals surface area (Å²) in [6, 6.07) is 8.80. The monoisotopic (exact) mass is 457 g/mol. The van der Waals surface area contributed by atoms with E-state index >= 15 is 0 Å². The highest BCUT2D eigenvalue weighted by Gasteiger charge is 2.30. The van der Waals surface area contributed by atoms with Gasteiger partial charge in [0.25, 0.3) is 5.91 Å². The Morgan fingerprint density at radius 2 is 1.84 bits per heavy atom. The van der Waals surface area contributed by atoms with E-state index in [9.17, 15) is 4.79 Å². The molecule has 3 heterocycles. The van der Waals surface area contributed by atoms with Crippen molar-refractivity contribution in [1.82, 2.24) is 25.4 Å². The second-order valence-corrected chi connectivity index (χ2v) is 8.35. The summed E-state index contributed by atoms with van der Waals surface area (Å²) in [4.78, 5) is 28.6. The minimum absolute atomic E-state index is 0.192. The highest BCUT2D eigenvalue weighted by molar-refractivity contribution is 6.30. The van der Waals surface area contributed by atoms with Gasteiger partial charge in [0, 0.05) is 29.9 Å². The van der Waals surface area contributed by atoms with Crippen molar-refractivity contribution in [3.63, 3.8) is 0 Å². The van der Waals surface area contributed by atoms with Gasteiger partial charge in [-0.3, -0.25) is 4.79 Å². The molecular weight excluding hydrogens is 434 g/mol. The first kappa shape index (κ1) is 22.0. The van der Waals surface area contributed by atoms with Crippen LogP contribution in [0.5, 0.6) is 0 Å². The van der Waals surface area contributed by atoms with E-state index in [1.807, 2.05) is 30.9 Å². The smallest absolute Gasteiger partial charge is 0.274 e. The number of anilines is 3. The third-order valence-corrected chi connectivity index (χ3v) is 5.12. The Hall–Kier alpha value is -3.24. The highest BCUT2D eigenvalue weighted by atomic mass is 35.5. The minimum atomic E-state index is -0.912. The standard InChI is InChI=1S/C21H24ClN7O3/c1-13-12-16(28-32-13)17(30)27-21(2,3)18-24-19(23-15-6-4-14(22)5-7-15)26-20(25-18)29-8-10-31-11-9-29/h4-7,12H,8-11H2,1-3H3,(H,27,30)(H,23,24,25,26). The molecule has 11 heteroatoms. The molecule has 0 unspecified atom stereocenters. The number of carbonyl (C=O) groups excluding carboxylic acids is 1. The zero-order chi connectivity index (χ0) is 22.7. The van der Waals surface area contributed by atoms with Crippen molar-refractivity contribution in [3.05, 3.63) is 52.6 Å². The van der Waals surface area contributed by atoms with Crippen LogP contribution in [0.15, 0.2) is 34.9 Å². The molecule has 1 aliphatic rings. The van der Waals surface area contributed by atoms with Crippen molar-refractivity contribution in [1.29, 1.82) is 0 Å². The number of ether oxygens (including phenoxy) is 1. The molecule has 32 heavy (non-hydrogen) atoms. The van der Waals surface area contributed by atoms with Gasteiger partial charge >= 0.3 is 0 Å². The van der Waals surface area contributed by atoms with Gasteiger partial charge in [0.15, 0.2) is 11.5 Å². The molecule has 2 aromatic heterocycles. The summed E-state index contributed by atoms with van der Waals surface area (Å²) < 4.78 is 10.5. The van der Waals surface area contributed by atoms with Crippen molar-refractivity contribution in [2.45, 2.75) is 26.3 Å². The topological polar surface area (TPSA) is 118 Å². The largest absolute Gasteiger partial charge is 0.378 e. The van der Waals surface area contributed by atoms with Crippen LogP contribution in [-0.4, -0.2) is 52.3 Å². The maximum atomic E-state index is 12.7. The molecule has 0 spiro atoms. The number of amides is 1. The van der Waals surface area contributed by atoms with Gasteiger partial charge in [-0.25, -0.2) is 0 Å². The summed E-state index contributed by atoms with van der Waals surface area (Å²) in [7, 11) is 0. The van der Waals surface area contributed by atoms with Crippen molar-refractivity contribution in [2.24, 2.45) is 0 Å². The fourth-order valence-electron chi connectivity index (χ4n) is 3.14. The molecular formula is C21H24ClN7O3. The number of hydrogen-bond donors (Lipinski definition) is 2. The molecule has 1 aromatic carbocycles. The van der Waals surface area contributed by atoms with Crippen LogP contribution in [0.25, 0.3) is 0 Å². The van der Waals surface area contributed by atoms with Gasteiger partial charge in [0.05, 0.1) is 18.8 Å². The molecule has 4 rings (SSSR count). The van der Waals surface area contributed by atoms with Gasteiger partial charge in [-0.2, -0.15) is 15.0 Å². The van der Waals surface area contributed by atoms with Gasteiger partial charge in [-0.1, -0.05) is 16.8 Å². The van der Waals surface area contributed by atoms with Gasteiger partial charge in [0.2, 0.25) is 11.9 Å². The molecule has 0 atom stereocenters. The number of aromatic nitrogens is 4. The number of rotatable bonds is 6. The lowest BCUT2D eigenvalue weighted by Gasteiger charge is -2.29. The first-order chi connectivity index (χ1) is 15.3. The molecule has 1 fully saturated rings. The number of nitrogens with zero attached hydrogens (tertiary/aromatic N) is 5. The van der Waals surface area contributed by atoms with E-state index in [4.69, 9.17) is 20.9 Å². The summed E-state index contributed by atoms with van der Waals surface area (Å²) in [5.41, 5.74) is 0.0570. The SMILES string of the molecule is Cc1cc(C(=O)NC(C)(C)c2nc(Nc3ccc(Cl)cc3)nc(N3CCOCC3)n2)no1. The Balaban J connectivity index is 1.65. The predicted octanol–water partition coefficient (Wildman–Crippen LogP) is 3.07. The van der Waals surface area contributed by atoms with Crippen LogP contribution in [0.2, 0.25) is 5.02 Å². The van der Waals surface area contributed by atoms with E-state index in [1.54, 1.807) is 25.1 Å². The summed E-state index contributed by atoms with van der Waals surface area (Å²) in [5, 5.41) is 10.5. The third-order valence-electron chi connectivity index (χ3n) is 4.86. The second kappa shape index (κ2) is 9.09. The van der Waals surface area contributed by atoms with E-state index < -0.39 is 5.54 Å². The molecule has 1 amide bonds. The quantitative estimate of drug-likeness (QED) is 0.575. The zero-order valence-electron chi connectivity index (χ0n) is 18.1. The molecule has 2 N–H and O–H groups in total. The minimum Gasteiger partial charge on any atom is -0.378 e. The van der Waals surface area contributed by atoms with Crippen LogP contribution in [0.4, 0.5) is 17.6 Å². The Bertz CT molecular complexity index is 1100. The summed E-state index contributed by atoms with van der Waals surface area (Å²) in [6.45, 7) is 7.87. The number of hydrogen-bond acceptors (Lipinski definition) is 9. The molecule has 0 aliphatic carbocycles. The molecule has 1 aliphatic heterocycles. The first-order valence-corrected chi connectivity index (χ1v) is 10.6. The van der Waals surface area contributed by atoms with E-state index in [0.29, 0.717) is 54.8 Å². The molecule has 1 saturated heterocycles. The number of halogens is 1. The fourth-order valence-corrected chi connectivity index (χ4v) is 3.27. The normalized spacial score (nSPS) is 14.3. The van der Waals surface area contributed by atoms with Crippen molar-refractivity contribution >= 4 is 35.1 Å². The van der Waals surface area contributed by atoms with Crippen molar-refractivity contribution in [2.75, 3.05) is 36.5 Å². The van der Waals surface area contributed by atoms with Crippen LogP contribution in [0.1, 0.15) is 35.9 Å². The third kappa shape index (κ3) is 5.14. The number of nitrogens with one attached hydrogen (secondary N) is 2. The number of aryl methyl sites for hydroxylation is 1. The maximum absolute atomic E-state index is 12.7. The lowest BCUT2D eigenvalue weighted by molar-refractivity contribution is 0.0899. The van der Waals surface area contributed by atoms with Crippen LogP contribution in [-0.2, 0) is 10.3 Å². The summed E-state index contributed by atoms with van der Waals surface area (Å²) in [6.07, 6.45) is 0. The van der Waals surface area contributed by atoms with E-state index in [0.717, 1.165) is 5.69 Å². The summed E-state index contributed by atoms with van der Waals surface area (Å²) in [5.74, 6) is 1.44. The lowest BCUT2D eigenvalue weighted by Crippen LogP contribution is -2.43.